The molecular formula is C21H19F2N3O3. The van der Waals surface area contributed by atoms with Crippen LogP contribution in [0.1, 0.15) is 36.0 Å². The number of benzene rings is 1. The van der Waals surface area contributed by atoms with Gasteiger partial charge in [-0.25, -0.2) is 13.6 Å². The van der Waals surface area contributed by atoms with Crippen molar-refractivity contribution in [3.63, 3.8) is 0 Å². The van der Waals surface area contributed by atoms with Crippen LogP contribution >= 0.6 is 0 Å². The smallest absolute Gasteiger partial charge is 0.323 e. The van der Waals surface area contributed by atoms with Gasteiger partial charge in [0.1, 0.15) is 5.54 Å². The van der Waals surface area contributed by atoms with Crippen molar-refractivity contribution in [2.75, 3.05) is 6.54 Å². The number of rotatable bonds is 4. The standard InChI is InChI=1S/C21H19F2N3O3/c22-21(23)9-7-20(8-10-21)18(28)26(19(29)25-20)13-17(27)15-5-3-14(4-6-15)16-2-1-11-24-12-16/h1-6,11-12H,7-10,13H2,(H,25,29). The van der Waals surface area contributed by atoms with Crippen molar-refractivity contribution < 1.29 is 23.2 Å². The summed E-state index contributed by atoms with van der Waals surface area (Å²) in [6.07, 6.45) is 2.19. The van der Waals surface area contributed by atoms with Crippen molar-refractivity contribution in [1.29, 1.82) is 0 Å². The van der Waals surface area contributed by atoms with Gasteiger partial charge < -0.3 is 5.32 Å². The minimum absolute atomic E-state index is 0.130. The van der Waals surface area contributed by atoms with Crippen molar-refractivity contribution in [3.8, 4) is 11.1 Å². The molecule has 0 bridgehead atoms. The van der Waals surface area contributed by atoms with E-state index in [4.69, 9.17) is 0 Å². The normalized spacial score (nSPS) is 20.0. The lowest BCUT2D eigenvalue weighted by atomic mass is 9.80. The number of nitrogens with one attached hydrogen (secondary N) is 1. The quantitative estimate of drug-likeness (QED) is 0.631. The lowest BCUT2D eigenvalue weighted by Gasteiger charge is -2.34. The fourth-order valence-corrected chi connectivity index (χ4v) is 3.82. The van der Waals surface area contributed by atoms with E-state index in [1.807, 2.05) is 12.1 Å². The molecule has 1 N–H and O–H groups in total. The summed E-state index contributed by atoms with van der Waals surface area (Å²) in [6.45, 7) is -0.422. The van der Waals surface area contributed by atoms with E-state index >= 15 is 0 Å². The first-order chi connectivity index (χ1) is 13.8. The van der Waals surface area contributed by atoms with Crippen molar-refractivity contribution in [2.24, 2.45) is 0 Å². The summed E-state index contributed by atoms with van der Waals surface area (Å²) in [6, 6.07) is 9.77. The second kappa shape index (κ2) is 7.02. The maximum atomic E-state index is 13.5. The van der Waals surface area contributed by atoms with Gasteiger partial charge in [0.25, 0.3) is 5.91 Å². The van der Waals surface area contributed by atoms with Crippen LogP contribution in [-0.2, 0) is 4.79 Å². The first-order valence-electron chi connectivity index (χ1n) is 9.35. The molecule has 150 valence electrons. The van der Waals surface area contributed by atoms with Crippen LogP contribution in [0.2, 0.25) is 0 Å². The number of amides is 3. The third-order valence-electron chi connectivity index (χ3n) is 5.58. The monoisotopic (exact) mass is 399 g/mol. The molecule has 0 unspecified atom stereocenters. The number of nitrogens with zero attached hydrogens (tertiary/aromatic N) is 2. The molecule has 3 amide bonds. The molecule has 4 rings (SSSR count). The summed E-state index contributed by atoms with van der Waals surface area (Å²) in [5.74, 6) is -3.82. The second-order valence-electron chi connectivity index (χ2n) is 7.50. The lowest BCUT2D eigenvalue weighted by Crippen LogP contribution is -2.51. The maximum Gasteiger partial charge on any atom is 0.325 e. The van der Waals surface area contributed by atoms with E-state index in [0.717, 1.165) is 16.0 Å². The van der Waals surface area contributed by atoms with Crippen LogP contribution in [0.25, 0.3) is 11.1 Å². The number of halogens is 2. The van der Waals surface area contributed by atoms with Crippen LogP contribution in [-0.4, -0.2) is 45.6 Å². The fourth-order valence-electron chi connectivity index (χ4n) is 3.82. The minimum Gasteiger partial charge on any atom is -0.323 e. The molecule has 0 atom stereocenters. The number of hydrogen-bond donors (Lipinski definition) is 1. The third kappa shape index (κ3) is 3.62. The number of aromatic nitrogens is 1. The molecule has 2 heterocycles. The van der Waals surface area contributed by atoms with E-state index in [1.54, 1.807) is 36.7 Å². The summed E-state index contributed by atoms with van der Waals surface area (Å²) in [4.78, 5) is 42.5. The highest BCUT2D eigenvalue weighted by Crippen LogP contribution is 2.41. The van der Waals surface area contributed by atoms with Crippen LogP contribution in [0.5, 0.6) is 0 Å². The molecule has 1 aromatic carbocycles. The van der Waals surface area contributed by atoms with Gasteiger partial charge in [-0.15, -0.1) is 0 Å². The van der Waals surface area contributed by atoms with Crippen LogP contribution in [0.4, 0.5) is 13.6 Å². The minimum atomic E-state index is -2.82. The molecule has 2 aromatic rings. The van der Waals surface area contributed by atoms with Gasteiger partial charge >= 0.3 is 6.03 Å². The van der Waals surface area contributed by atoms with Gasteiger partial charge in [-0.05, 0) is 30.0 Å². The van der Waals surface area contributed by atoms with Gasteiger partial charge in [-0.3, -0.25) is 19.5 Å². The average Bonchev–Trinajstić information content (AvgIpc) is 2.95. The van der Waals surface area contributed by atoms with E-state index in [2.05, 4.69) is 10.3 Å². The molecular weight excluding hydrogens is 380 g/mol. The highest BCUT2D eigenvalue weighted by atomic mass is 19.3. The Morgan fingerprint density at radius 3 is 2.34 bits per heavy atom. The molecule has 6 nitrogen and oxygen atoms in total. The molecule has 1 saturated carbocycles. The van der Waals surface area contributed by atoms with E-state index < -0.39 is 48.6 Å². The predicted molar refractivity (Wildman–Crippen MR) is 100 cm³/mol. The number of ketones is 1. The Balaban J connectivity index is 1.46. The summed E-state index contributed by atoms with van der Waals surface area (Å²) in [5, 5.41) is 2.54. The molecule has 2 aliphatic rings. The number of urea groups is 1. The van der Waals surface area contributed by atoms with Gasteiger partial charge in [0.2, 0.25) is 5.92 Å². The Bertz CT molecular complexity index is 951. The molecule has 1 aliphatic carbocycles. The first kappa shape index (κ1) is 19.2. The van der Waals surface area contributed by atoms with Crippen molar-refractivity contribution in [2.45, 2.75) is 37.1 Å². The number of hydrogen-bond acceptors (Lipinski definition) is 4. The van der Waals surface area contributed by atoms with Gasteiger partial charge in [0.05, 0.1) is 6.54 Å². The third-order valence-corrected chi connectivity index (χ3v) is 5.58. The Kier molecular flexibility index (Phi) is 4.64. The van der Waals surface area contributed by atoms with Crippen molar-refractivity contribution in [1.82, 2.24) is 15.2 Å². The molecule has 2 fully saturated rings. The van der Waals surface area contributed by atoms with Crippen LogP contribution in [0.3, 0.4) is 0 Å². The Hall–Kier alpha value is -3.16. The van der Waals surface area contributed by atoms with Crippen LogP contribution < -0.4 is 5.32 Å². The van der Waals surface area contributed by atoms with Gasteiger partial charge in [-0.1, -0.05) is 30.3 Å². The first-order valence-corrected chi connectivity index (χ1v) is 9.35. The SMILES string of the molecule is O=C(CN1C(=O)NC2(CCC(F)(F)CC2)C1=O)c1ccc(-c2cccnc2)cc1. The summed E-state index contributed by atoms with van der Waals surface area (Å²) >= 11 is 0. The zero-order valence-electron chi connectivity index (χ0n) is 15.5. The molecule has 1 aliphatic heterocycles. The number of carbonyl (C=O) groups excluding carboxylic acids is 3. The molecule has 1 saturated heterocycles. The van der Waals surface area contributed by atoms with E-state index in [-0.39, 0.29) is 12.8 Å². The predicted octanol–water partition coefficient (Wildman–Crippen LogP) is 3.43. The van der Waals surface area contributed by atoms with E-state index in [9.17, 15) is 23.2 Å². The van der Waals surface area contributed by atoms with Crippen LogP contribution in [0.15, 0.2) is 48.8 Å². The summed E-state index contributed by atoms with van der Waals surface area (Å²) in [5.41, 5.74) is 0.821. The largest absolute Gasteiger partial charge is 0.325 e. The van der Waals surface area contributed by atoms with Crippen molar-refractivity contribution >= 4 is 17.7 Å². The Labute approximate surface area is 165 Å². The molecule has 29 heavy (non-hydrogen) atoms. The molecule has 0 radical (unpaired) electrons. The second-order valence-corrected chi connectivity index (χ2v) is 7.50. The van der Waals surface area contributed by atoms with Gasteiger partial charge in [0, 0.05) is 30.8 Å². The average molecular weight is 399 g/mol. The lowest BCUT2D eigenvalue weighted by molar-refractivity contribution is -0.135. The zero-order chi connectivity index (χ0) is 20.6. The number of carbonyl (C=O) groups is 3. The Morgan fingerprint density at radius 1 is 1.03 bits per heavy atom. The summed E-state index contributed by atoms with van der Waals surface area (Å²) in [7, 11) is 0. The number of imide groups is 1. The van der Waals surface area contributed by atoms with Gasteiger partial charge in [-0.2, -0.15) is 0 Å². The number of pyridine rings is 1. The molecule has 1 aromatic heterocycles. The number of Topliss-reactive ketones (excluding diaryl/α,β-unsaturated/α-hetero) is 1. The number of alkyl halides is 2. The van der Waals surface area contributed by atoms with E-state index in [0.29, 0.717) is 5.56 Å². The molecule has 8 heteroatoms. The highest BCUT2D eigenvalue weighted by Gasteiger charge is 2.55. The van der Waals surface area contributed by atoms with Crippen molar-refractivity contribution in [3.05, 3.63) is 54.4 Å². The van der Waals surface area contributed by atoms with Crippen LogP contribution in [0, 0.1) is 0 Å². The highest BCUT2D eigenvalue weighted by molar-refractivity contribution is 6.11. The maximum absolute atomic E-state index is 13.5. The zero-order valence-corrected chi connectivity index (χ0v) is 15.5. The fraction of sp³-hybridized carbons (Fsp3) is 0.333. The van der Waals surface area contributed by atoms with E-state index in [1.165, 1.54) is 0 Å². The topological polar surface area (TPSA) is 79.4 Å². The summed E-state index contributed by atoms with van der Waals surface area (Å²) < 4.78 is 26.9. The van der Waals surface area contributed by atoms with Gasteiger partial charge in [0.15, 0.2) is 5.78 Å². The molecule has 1 spiro atoms. The Morgan fingerprint density at radius 2 is 1.72 bits per heavy atom.